The molecule has 1 amide bonds. The van der Waals surface area contributed by atoms with Crippen LogP contribution < -0.4 is 0 Å². The van der Waals surface area contributed by atoms with E-state index in [1.807, 2.05) is 0 Å². The fourth-order valence-corrected chi connectivity index (χ4v) is 3.99. The van der Waals surface area contributed by atoms with E-state index in [2.05, 4.69) is 4.98 Å². The summed E-state index contributed by atoms with van der Waals surface area (Å²) in [7, 11) is 0. The largest absolute Gasteiger partial charge is 0.481 e. The molecule has 3 fully saturated rings. The molecule has 1 saturated carbocycles. The Morgan fingerprint density at radius 2 is 2.09 bits per heavy atom. The van der Waals surface area contributed by atoms with E-state index in [-0.39, 0.29) is 18.0 Å². The Bertz CT molecular complexity index is 634. The van der Waals surface area contributed by atoms with E-state index in [0.717, 1.165) is 19.3 Å². The molecule has 2 saturated heterocycles. The average molecular weight is 304 g/mol. The van der Waals surface area contributed by atoms with Gasteiger partial charge in [0.15, 0.2) is 5.89 Å². The SMILES string of the molecule is Cc1nc(CC2CC2)oc1C(=O)N1[C@@H]2CC[C@H]1[C@H](C(=O)O)C2. The Labute approximate surface area is 128 Å². The van der Waals surface area contributed by atoms with E-state index in [4.69, 9.17) is 4.42 Å². The summed E-state index contributed by atoms with van der Waals surface area (Å²) in [6.45, 7) is 1.79. The van der Waals surface area contributed by atoms with Crippen molar-refractivity contribution in [1.82, 2.24) is 9.88 Å². The van der Waals surface area contributed by atoms with Crippen molar-refractivity contribution < 1.29 is 19.1 Å². The summed E-state index contributed by atoms with van der Waals surface area (Å²) >= 11 is 0. The van der Waals surface area contributed by atoms with Gasteiger partial charge in [-0.25, -0.2) is 4.98 Å². The second kappa shape index (κ2) is 4.83. The van der Waals surface area contributed by atoms with Crippen molar-refractivity contribution in [1.29, 1.82) is 0 Å². The minimum absolute atomic E-state index is 0.0370. The third-order valence-corrected chi connectivity index (χ3v) is 5.28. The molecule has 3 heterocycles. The fourth-order valence-electron chi connectivity index (χ4n) is 3.99. The van der Waals surface area contributed by atoms with Crippen molar-refractivity contribution >= 4 is 11.9 Å². The summed E-state index contributed by atoms with van der Waals surface area (Å²) in [6.07, 6.45) is 5.45. The molecule has 3 aliphatic rings. The Balaban J connectivity index is 1.57. The number of aryl methyl sites for hydroxylation is 1. The van der Waals surface area contributed by atoms with Crippen LogP contribution in [0, 0.1) is 18.8 Å². The first-order valence-corrected chi connectivity index (χ1v) is 8.06. The van der Waals surface area contributed by atoms with Crippen molar-refractivity contribution in [2.45, 2.75) is 57.5 Å². The predicted octanol–water partition coefficient (Wildman–Crippen LogP) is 2.01. The molecular formula is C16H20N2O4. The number of hydrogen-bond donors (Lipinski definition) is 1. The van der Waals surface area contributed by atoms with E-state index >= 15 is 0 Å². The maximum Gasteiger partial charge on any atom is 0.308 e. The van der Waals surface area contributed by atoms with Crippen molar-refractivity contribution in [3.05, 3.63) is 17.3 Å². The number of amides is 1. The molecule has 2 bridgehead atoms. The highest BCUT2D eigenvalue weighted by atomic mass is 16.4. The fraction of sp³-hybridized carbons (Fsp3) is 0.688. The third-order valence-electron chi connectivity index (χ3n) is 5.28. The van der Waals surface area contributed by atoms with Gasteiger partial charge in [-0.3, -0.25) is 9.59 Å². The summed E-state index contributed by atoms with van der Waals surface area (Å²) in [4.78, 5) is 30.3. The van der Waals surface area contributed by atoms with Gasteiger partial charge in [0.2, 0.25) is 5.76 Å². The number of carboxylic acid groups (broad SMARTS) is 1. The van der Waals surface area contributed by atoms with E-state index < -0.39 is 11.9 Å². The van der Waals surface area contributed by atoms with Crippen LogP contribution in [0.3, 0.4) is 0 Å². The molecule has 2 aliphatic heterocycles. The molecule has 0 unspecified atom stereocenters. The number of hydrogen-bond acceptors (Lipinski definition) is 4. The monoisotopic (exact) mass is 304 g/mol. The first-order valence-electron chi connectivity index (χ1n) is 8.06. The minimum atomic E-state index is -0.797. The number of aliphatic carboxylic acids is 1. The molecule has 3 atom stereocenters. The standard InChI is InChI=1S/C16H20N2O4/c1-8-14(22-13(17-8)6-9-2-3-9)15(19)18-10-4-5-12(18)11(7-10)16(20)21/h9-12H,2-7H2,1H3,(H,20,21)/t10-,11-,12+/m1/s1. The molecule has 0 radical (unpaired) electrons. The Hall–Kier alpha value is -1.85. The van der Waals surface area contributed by atoms with Crippen LogP contribution in [-0.2, 0) is 11.2 Å². The quantitative estimate of drug-likeness (QED) is 0.920. The number of oxazole rings is 1. The van der Waals surface area contributed by atoms with Gasteiger partial charge in [-0.05, 0) is 44.9 Å². The van der Waals surface area contributed by atoms with Crippen LogP contribution in [0.1, 0.15) is 54.2 Å². The lowest BCUT2D eigenvalue weighted by Crippen LogP contribution is -2.38. The first-order chi connectivity index (χ1) is 10.5. The Kier molecular flexibility index (Phi) is 3.03. The van der Waals surface area contributed by atoms with Gasteiger partial charge in [0.1, 0.15) is 0 Å². The molecule has 1 aliphatic carbocycles. The Morgan fingerprint density at radius 3 is 2.73 bits per heavy atom. The number of carbonyl (C=O) groups is 2. The van der Waals surface area contributed by atoms with Crippen molar-refractivity contribution in [3.8, 4) is 0 Å². The smallest absolute Gasteiger partial charge is 0.308 e. The molecule has 4 rings (SSSR count). The zero-order chi connectivity index (χ0) is 15.4. The molecule has 6 heteroatoms. The maximum absolute atomic E-state index is 12.8. The summed E-state index contributed by atoms with van der Waals surface area (Å²) in [5, 5.41) is 9.30. The van der Waals surface area contributed by atoms with Crippen LogP contribution in [0.25, 0.3) is 0 Å². The summed E-state index contributed by atoms with van der Waals surface area (Å²) in [6, 6.07) is -0.152. The van der Waals surface area contributed by atoms with E-state index in [0.29, 0.717) is 29.7 Å². The normalized spacial score (nSPS) is 30.0. The minimum Gasteiger partial charge on any atom is -0.481 e. The number of rotatable bonds is 4. The number of carbonyl (C=O) groups excluding carboxylic acids is 1. The molecule has 0 spiro atoms. The zero-order valence-electron chi connectivity index (χ0n) is 12.6. The van der Waals surface area contributed by atoms with Gasteiger partial charge >= 0.3 is 5.97 Å². The number of fused-ring (bicyclic) bond motifs is 2. The molecule has 1 aromatic heterocycles. The van der Waals surface area contributed by atoms with E-state index in [1.165, 1.54) is 12.8 Å². The van der Waals surface area contributed by atoms with Crippen molar-refractivity contribution in [2.75, 3.05) is 0 Å². The lowest BCUT2D eigenvalue weighted by Gasteiger charge is -2.22. The molecule has 6 nitrogen and oxygen atoms in total. The van der Waals surface area contributed by atoms with Gasteiger partial charge in [-0.15, -0.1) is 0 Å². The molecule has 22 heavy (non-hydrogen) atoms. The van der Waals surface area contributed by atoms with E-state index in [9.17, 15) is 14.7 Å². The highest BCUT2D eigenvalue weighted by Gasteiger charge is 2.52. The first kappa shape index (κ1) is 13.8. The van der Waals surface area contributed by atoms with Gasteiger partial charge in [0.05, 0.1) is 11.6 Å². The van der Waals surface area contributed by atoms with Gasteiger partial charge in [-0.2, -0.15) is 0 Å². The summed E-state index contributed by atoms with van der Waals surface area (Å²) in [5.74, 6) is 0.192. The summed E-state index contributed by atoms with van der Waals surface area (Å²) < 4.78 is 5.71. The number of aromatic nitrogens is 1. The van der Waals surface area contributed by atoms with Crippen LogP contribution in [0.5, 0.6) is 0 Å². The zero-order valence-corrected chi connectivity index (χ0v) is 12.6. The van der Waals surface area contributed by atoms with Gasteiger partial charge in [0.25, 0.3) is 5.91 Å². The summed E-state index contributed by atoms with van der Waals surface area (Å²) in [5.41, 5.74) is 0.624. The van der Waals surface area contributed by atoms with Crippen LogP contribution in [0.2, 0.25) is 0 Å². The lowest BCUT2D eigenvalue weighted by atomic mass is 9.89. The molecule has 1 aromatic rings. The van der Waals surface area contributed by atoms with Gasteiger partial charge in [0, 0.05) is 18.5 Å². The van der Waals surface area contributed by atoms with Crippen molar-refractivity contribution in [2.24, 2.45) is 11.8 Å². The molecule has 1 N–H and O–H groups in total. The third kappa shape index (κ3) is 2.12. The highest BCUT2D eigenvalue weighted by Crippen LogP contribution is 2.43. The van der Waals surface area contributed by atoms with E-state index in [1.54, 1.807) is 11.8 Å². The van der Waals surface area contributed by atoms with Crippen LogP contribution in [-0.4, -0.2) is 39.0 Å². The topological polar surface area (TPSA) is 83.6 Å². The average Bonchev–Trinajstić information content (AvgIpc) is 2.94. The molecular weight excluding hydrogens is 284 g/mol. The van der Waals surface area contributed by atoms with Gasteiger partial charge < -0.3 is 14.4 Å². The number of nitrogens with zero attached hydrogens (tertiary/aromatic N) is 2. The van der Waals surface area contributed by atoms with Crippen LogP contribution in [0.15, 0.2) is 4.42 Å². The second-order valence-electron chi connectivity index (χ2n) is 6.86. The molecule has 118 valence electrons. The van der Waals surface area contributed by atoms with Gasteiger partial charge in [-0.1, -0.05) is 0 Å². The maximum atomic E-state index is 12.8. The highest BCUT2D eigenvalue weighted by molar-refractivity contribution is 5.94. The second-order valence-corrected chi connectivity index (χ2v) is 6.86. The van der Waals surface area contributed by atoms with Crippen molar-refractivity contribution in [3.63, 3.8) is 0 Å². The molecule has 0 aromatic carbocycles. The number of carboxylic acids is 1. The van der Waals surface area contributed by atoms with Crippen LogP contribution >= 0.6 is 0 Å². The predicted molar refractivity (Wildman–Crippen MR) is 76.4 cm³/mol. The van der Waals surface area contributed by atoms with Crippen LogP contribution in [0.4, 0.5) is 0 Å². The Morgan fingerprint density at radius 1 is 1.32 bits per heavy atom. The lowest BCUT2D eigenvalue weighted by molar-refractivity contribution is -0.142.